The van der Waals surface area contributed by atoms with Gasteiger partial charge in [0.1, 0.15) is 0 Å². The minimum atomic E-state index is -0.104. The first-order valence-electron chi connectivity index (χ1n) is 5.57. The van der Waals surface area contributed by atoms with Crippen LogP contribution in [0.3, 0.4) is 0 Å². The van der Waals surface area contributed by atoms with Crippen LogP contribution in [0.5, 0.6) is 0 Å². The lowest BCUT2D eigenvalue weighted by Gasteiger charge is -2.15. The van der Waals surface area contributed by atoms with Crippen LogP contribution in [0.2, 0.25) is 0 Å². The third-order valence-electron chi connectivity index (χ3n) is 2.34. The van der Waals surface area contributed by atoms with E-state index in [1.807, 2.05) is 13.8 Å². The number of hydrogen-bond acceptors (Lipinski definition) is 4. The summed E-state index contributed by atoms with van der Waals surface area (Å²) in [5.74, 6) is 0. The molecule has 0 aliphatic carbocycles. The summed E-state index contributed by atoms with van der Waals surface area (Å²) >= 11 is 0. The van der Waals surface area contributed by atoms with Gasteiger partial charge in [-0.3, -0.25) is 5.32 Å². The predicted octanol–water partition coefficient (Wildman–Crippen LogP) is 1.07. The summed E-state index contributed by atoms with van der Waals surface area (Å²) in [7, 11) is 0. The van der Waals surface area contributed by atoms with Gasteiger partial charge in [-0.25, -0.2) is 0 Å². The molecule has 2 atom stereocenters. The summed E-state index contributed by atoms with van der Waals surface area (Å²) < 4.78 is 10.8. The van der Waals surface area contributed by atoms with E-state index in [-0.39, 0.29) is 12.1 Å². The Morgan fingerprint density at radius 2 is 2.40 bits per heavy atom. The molecule has 0 aromatic heterocycles. The molecule has 1 heterocycles. The second-order valence-corrected chi connectivity index (χ2v) is 4.15. The van der Waals surface area contributed by atoms with Crippen LogP contribution in [0.1, 0.15) is 26.7 Å². The zero-order valence-electron chi connectivity index (χ0n) is 9.53. The smallest absolute Gasteiger partial charge is 0.0976 e. The first kappa shape index (κ1) is 12.4. The molecule has 0 spiro atoms. The molecular formula is C11H20N2O2. The lowest BCUT2D eigenvalue weighted by atomic mass is 10.2. The molecular weight excluding hydrogens is 192 g/mol. The third-order valence-corrected chi connectivity index (χ3v) is 2.34. The lowest BCUT2D eigenvalue weighted by molar-refractivity contribution is 0.0394. The summed E-state index contributed by atoms with van der Waals surface area (Å²) in [6.45, 7) is 6.21. The molecule has 0 amide bonds. The van der Waals surface area contributed by atoms with E-state index < -0.39 is 0 Å². The zero-order valence-corrected chi connectivity index (χ0v) is 9.53. The number of ether oxygens (including phenoxy) is 2. The maximum atomic E-state index is 8.87. The topological polar surface area (TPSA) is 54.3 Å². The number of nitrogens with one attached hydrogen (secondary N) is 1. The van der Waals surface area contributed by atoms with Gasteiger partial charge in [-0.15, -0.1) is 0 Å². The first-order valence-corrected chi connectivity index (χ1v) is 5.57. The molecule has 1 fully saturated rings. The monoisotopic (exact) mass is 212 g/mol. The van der Waals surface area contributed by atoms with E-state index >= 15 is 0 Å². The van der Waals surface area contributed by atoms with Crippen molar-refractivity contribution in [2.75, 3.05) is 19.8 Å². The number of nitrogens with zero attached hydrogens (tertiary/aromatic N) is 1. The summed E-state index contributed by atoms with van der Waals surface area (Å²) in [5.41, 5.74) is 0. The largest absolute Gasteiger partial charge is 0.379 e. The number of hydrogen-bond donors (Lipinski definition) is 1. The molecule has 0 aromatic carbocycles. The van der Waals surface area contributed by atoms with Gasteiger partial charge in [-0.1, -0.05) is 0 Å². The van der Waals surface area contributed by atoms with Gasteiger partial charge in [0.05, 0.1) is 24.8 Å². The highest BCUT2D eigenvalue weighted by molar-refractivity contribution is 4.90. The Kier molecular flexibility index (Phi) is 5.62. The van der Waals surface area contributed by atoms with E-state index in [1.54, 1.807) is 0 Å². The number of nitriles is 1. The fourth-order valence-corrected chi connectivity index (χ4v) is 1.58. The van der Waals surface area contributed by atoms with Crippen LogP contribution < -0.4 is 5.32 Å². The van der Waals surface area contributed by atoms with E-state index in [4.69, 9.17) is 14.7 Å². The molecule has 4 nitrogen and oxygen atoms in total. The molecule has 86 valence electrons. The highest BCUT2D eigenvalue weighted by atomic mass is 16.5. The average molecular weight is 212 g/mol. The second-order valence-electron chi connectivity index (χ2n) is 4.15. The summed E-state index contributed by atoms with van der Waals surface area (Å²) in [6.07, 6.45) is 1.96. The molecule has 0 aromatic rings. The van der Waals surface area contributed by atoms with E-state index in [0.717, 1.165) is 19.4 Å². The second kappa shape index (κ2) is 6.78. The van der Waals surface area contributed by atoms with Crippen molar-refractivity contribution in [2.45, 2.75) is 44.9 Å². The zero-order chi connectivity index (χ0) is 11.1. The molecule has 0 bridgehead atoms. The van der Waals surface area contributed by atoms with Crippen molar-refractivity contribution in [3.05, 3.63) is 0 Å². The van der Waals surface area contributed by atoms with Gasteiger partial charge in [-0.05, 0) is 26.7 Å². The van der Waals surface area contributed by atoms with Crippen molar-refractivity contribution in [1.29, 1.82) is 5.26 Å². The standard InChI is InChI=1S/C11H20N2O2/c1-9(2)13-10(7-12)3-6-15-11-4-5-14-8-11/h9-11,13H,3-6,8H2,1-2H3. The van der Waals surface area contributed by atoms with Crippen LogP contribution in [0.15, 0.2) is 0 Å². The van der Waals surface area contributed by atoms with Gasteiger partial charge in [0.15, 0.2) is 0 Å². The van der Waals surface area contributed by atoms with Crippen molar-refractivity contribution in [3.8, 4) is 6.07 Å². The van der Waals surface area contributed by atoms with E-state index in [2.05, 4.69) is 11.4 Å². The quantitative estimate of drug-likeness (QED) is 0.715. The van der Waals surface area contributed by atoms with Gasteiger partial charge >= 0.3 is 0 Å². The molecule has 15 heavy (non-hydrogen) atoms. The molecule has 4 heteroatoms. The van der Waals surface area contributed by atoms with Gasteiger partial charge in [0, 0.05) is 19.3 Å². The first-order chi connectivity index (χ1) is 7.22. The predicted molar refractivity (Wildman–Crippen MR) is 57.5 cm³/mol. The minimum absolute atomic E-state index is 0.104. The molecule has 1 rings (SSSR count). The molecule has 1 aliphatic rings. The van der Waals surface area contributed by atoms with Gasteiger partial charge in [-0.2, -0.15) is 5.26 Å². The Hall–Kier alpha value is -0.630. The number of rotatable bonds is 6. The molecule has 1 saturated heterocycles. The summed E-state index contributed by atoms with van der Waals surface area (Å²) in [5, 5.41) is 12.1. The van der Waals surface area contributed by atoms with Crippen LogP contribution in [-0.2, 0) is 9.47 Å². The maximum absolute atomic E-state index is 8.87. The SMILES string of the molecule is CC(C)NC(C#N)CCOC1CCOC1. The fraction of sp³-hybridized carbons (Fsp3) is 0.909. The van der Waals surface area contributed by atoms with E-state index in [0.29, 0.717) is 19.3 Å². The lowest BCUT2D eigenvalue weighted by Crippen LogP contribution is -2.34. The van der Waals surface area contributed by atoms with Gasteiger partial charge < -0.3 is 9.47 Å². The third kappa shape index (κ3) is 5.12. The van der Waals surface area contributed by atoms with E-state index in [9.17, 15) is 0 Å². The normalized spacial score (nSPS) is 22.9. The molecule has 1 N–H and O–H groups in total. The fourth-order valence-electron chi connectivity index (χ4n) is 1.58. The molecule has 0 saturated carbocycles. The Morgan fingerprint density at radius 3 is 2.93 bits per heavy atom. The van der Waals surface area contributed by atoms with Crippen LogP contribution in [0.25, 0.3) is 0 Å². The molecule has 0 radical (unpaired) electrons. The average Bonchev–Trinajstić information content (AvgIpc) is 2.68. The van der Waals surface area contributed by atoms with Crippen LogP contribution in [-0.4, -0.2) is 38.0 Å². The Balaban J connectivity index is 2.08. The Labute approximate surface area is 91.6 Å². The Morgan fingerprint density at radius 1 is 1.60 bits per heavy atom. The van der Waals surface area contributed by atoms with Crippen molar-refractivity contribution in [2.24, 2.45) is 0 Å². The maximum Gasteiger partial charge on any atom is 0.0976 e. The van der Waals surface area contributed by atoms with Gasteiger partial charge in [0.25, 0.3) is 0 Å². The summed E-state index contributed by atoms with van der Waals surface area (Å²) in [6, 6.07) is 2.47. The van der Waals surface area contributed by atoms with Crippen LogP contribution in [0.4, 0.5) is 0 Å². The van der Waals surface area contributed by atoms with Crippen molar-refractivity contribution >= 4 is 0 Å². The van der Waals surface area contributed by atoms with Crippen molar-refractivity contribution in [3.63, 3.8) is 0 Å². The minimum Gasteiger partial charge on any atom is -0.379 e. The summed E-state index contributed by atoms with van der Waals surface area (Å²) in [4.78, 5) is 0. The molecule has 1 aliphatic heterocycles. The van der Waals surface area contributed by atoms with Crippen molar-refractivity contribution in [1.82, 2.24) is 5.32 Å². The highest BCUT2D eigenvalue weighted by Crippen LogP contribution is 2.08. The Bertz CT molecular complexity index is 207. The van der Waals surface area contributed by atoms with Crippen LogP contribution in [0, 0.1) is 11.3 Å². The molecule has 2 unspecified atom stereocenters. The van der Waals surface area contributed by atoms with Crippen LogP contribution >= 0.6 is 0 Å². The van der Waals surface area contributed by atoms with Crippen molar-refractivity contribution < 1.29 is 9.47 Å². The van der Waals surface area contributed by atoms with Gasteiger partial charge in [0.2, 0.25) is 0 Å². The van der Waals surface area contributed by atoms with E-state index in [1.165, 1.54) is 0 Å². The highest BCUT2D eigenvalue weighted by Gasteiger charge is 2.16.